The smallest absolute Gasteiger partial charge is 0.254 e. The van der Waals surface area contributed by atoms with Crippen molar-refractivity contribution < 1.29 is 9.18 Å². The summed E-state index contributed by atoms with van der Waals surface area (Å²) in [4.78, 5) is 20.1. The van der Waals surface area contributed by atoms with Gasteiger partial charge in [-0.1, -0.05) is 36.4 Å². The van der Waals surface area contributed by atoms with Gasteiger partial charge in [0.25, 0.3) is 5.91 Å². The van der Waals surface area contributed by atoms with E-state index in [-0.39, 0.29) is 23.6 Å². The van der Waals surface area contributed by atoms with E-state index in [1.165, 1.54) is 12.1 Å². The van der Waals surface area contributed by atoms with Crippen molar-refractivity contribution in [3.63, 3.8) is 0 Å². The second kappa shape index (κ2) is 8.23. The lowest BCUT2D eigenvalue weighted by molar-refractivity contribution is 0.00168. The van der Waals surface area contributed by atoms with Crippen LogP contribution >= 0.6 is 0 Å². The van der Waals surface area contributed by atoms with Gasteiger partial charge in [-0.25, -0.2) is 4.39 Å². The van der Waals surface area contributed by atoms with E-state index in [9.17, 15) is 9.18 Å². The first-order chi connectivity index (χ1) is 15.2. The number of hydrogen-bond donors (Lipinski definition) is 1. The lowest BCUT2D eigenvalue weighted by atomic mass is 9.73. The predicted octanol–water partition coefficient (Wildman–Crippen LogP) is 4.74. The van der Waals surface area contributed by atoms with Gasteiger partial charge in [-0.05, 0) is 61.1 Å². The Morgan fingerprint density at radius 1 is 1.19 bits per heavy atom. The van der Waals surface area contributed by atoms with Crippen LogP contribution < -0.4 is 5.32 Å². The van der Waals surface area contributed by atoms with Crippen molar-refractivity contribution in [2.45, 2.75) is 24.9 Å². The van der Waals surface area contributed by atoms with Crippen LogP contribution in [-0.4, -0.2) is 34.9 Å². The molecule has 6 rings (SSSR count). The summed E-state index contributed by atoms with van der Waals surface area (Å²) >= 11 is 0. The van der Waals surface area contributed by atoms with Gasteiger partial charge in [0.1, 0.15) is 5.82 Å². The molecule has 0 saturated carbocycles. The average molecular weight is 416 g/mol. The Bertz CT molecular complexity index is 1130. The summed E-state index contributed by atoms with van der Waals surface area (Å²) < 4.78 is 14.3. The molecule has 3 saturated heterocycles. The maximum atomic E-state index is 14.3. The van der Waals surface area contributed by atoms with E-state index < -0.39 is 5.82 Å². The second-order valence-electron chi connectivity index (χ2n) is 8.59. The van der Waals surface area contributed by atoms with Gasteiger partial charge in [-0.15, -0.1) is 6.58 Å². The molecule has 3 fully saturated rings. The van der Waals surface area contributed by atoms with E-state index in [4.69, 9.17) is 0 Å². The number of benzene rings is 2. The summed E-state index contributed by atoms with van der Waals surface area (Å²) in [5.74, 6) is 0.165. The third-order valence-electron chi connectivity index (χ3n) is 6.96. The zero-order valence-electron chi connectivity index (χ0n) is 17.4. The van der Waals surface area contributed by atoms with Crippen LogP contribution in [0.4, 0.5) is 4.39 Å². The number of nitrogens with one attached hydrogen (secondary N) is 1. The third-order valence-corrected chi connectivity index (χ3v) is 6.96. The highest BCUT2D eigenvalue weighted by molar-refractivity contribution is 5.95. The van der Waals surface area contributed by atoms with Gasteiger partial charge in [0.2, 0.25) is 0 Å². The van der Waals surface area contributed by atoms with Crippen LogP contribution in [0.3, 0.4) is 0 Å². The number of rotatable bonds is 5. The number of hydrogen-bond acceptors (Lipinski definition) is 3. The molecular formula is C26H26FN3O. The summed E-state index contributed by atoms with van der Waals surface area (Å²) in [7, 11) is 0. The van der Waals surface area contributed by atoms with E-state index in [1.807, 2.05) is 30.3 Å². The Balaban J connectivity index is 1.55. The lowest BCUT2D eigenvalue weighted by Crippen LogP contribution is -2.57. The topological polar surface area (TPSA) is 45.2 Å². The molecule has 1 N–H and O–H groups in total. The first kappa shape index (κ1) is 19.9. The minimum absolute atomic E-state index is 0.0748. The Morgan fingerprint density at radius 2 is 2.00 bits per heavy atom. The zero-order valence-corrected chi connectivity index (χ0v) is 17.4. The van der Waals surface area contributed by atoms with Gasteiger partial charge in [0, 0.05) is 24.2 Å². The summed E-state index contributed by atoms with van der Waals surface area (Å²) in [5.41, 5.74) is 2.00. The summed E-state index contributed by atoms with van der Waals surface area (Å²) in [6.07, 6.45) is 6.00. The van der Waals surface area contributed by atoms with E-state index in [0.29, 0.717) is 11.8 Å². The first-order valence-electron chi connectivity index (χ1n) is 10.9. The molecule has 4 nitrogen and oxygen atoms in total. The molecule has 1 amide bonds. The Morgan fingerprint density at radius 3 is 2.77 bits per heavy atom. The minimum Gasteiger partial charge on any atom is -0.344 e. The molecule has 4 heterocycles. The van der Waals surface area contributed by atoms with E-state index in [2.05, 4.69) is 27.9 Å². The van der Waals surface area contributed by atoms with Crippen molar-refractivity contribution in [3.05, 3.63) is 90.4 Å². The highest BCUT2D eigenvalue weighted by Crippen LogP contribution is 2.42. The molecule has 5 atom stereocenters. The Labute approximate surface area is 181 Å². The molecule has 0 radical (unpaired) electrons. The van der Waals surface area contributed by atoms with Crippen LogP contribution in [0.2, 0.25) is 0 Å². The van der Waals surface area contributed by atoms with Crippen LogP contribution in [0.15, 0.2) is 73.4 Å². The van der Waals surface area contributed by atoms with Gasteiger partial charge >= 0.3 is 0 Å². The molecule has 3 aromatic rings. The van der Waals surface area contributed by atoms with Gasteiger partial charge in [0.05, 0.1) is 17.1 Å². The summed E-state index contributed by atoms with van der Waals surface area (Å²) in [6, 6.07) is 16.0. The highest BCUT2D eigenvalue weighted by Gasteiger charge is 2.43. The summed E-state index contributed by atoms with van der Waals surface area (Å²) in [6.45, 7) is 5.98. The van der Waals surface area contributed by atoms with E-state index >= 15 is 0 Å². The average Bonchev–Trinajstić information content (AvgIpc) is 2.82. The standard InChI is InChI=1S/C26H26FN3O/c1-2-17-16-30-14-12-18(17)15-24(30)25(29-26(31)21-8-3-5-9-22(21)27)20-11-13-28-23-10-6-4-7-19(20)23/h2-11,13,17-18,24-25H,1,12,14-16H2,(H,29,31)/t17-,18-,24+,25-/m0/s1. The predicted molar refractivity (Wildman–Crippen MR) is 120 cm³/mol. The first-order valence-corrected chi connectivity index (χ1v) is 10.9. The number of fused-ring (bicyclic) bond motifs is 4. The maximum absolute atomic E-state index is 14.3. The number of amides is 1. The number of nitrogens with zero attached hydrogens (tertiary/aromatic N) is 2. The summed E-state index contributed by atoms with van der Waals surface area (Å²) in [5, 5.41) is 4.22. The third kappa shape index (κ3) is 3.63. The zero-order chi connectivity index (χ0) is 21.4. The number of carbonyl (C=O) groups excluding carboxylic acids is 1. The van der Waals surface area contributed by atoms with Crippen LogP contribution in [0.5, 0.6) is 0 Å². The molecule has 3 aliphatic rings. The van der Waals surface area contributed by atoms with Crippen molar-refractivity contribution in [1.29, 1.82) is 0 Å². The second-order valence-corrected chi connectivity index (χ2v) is 8.59. The molecule has 1 unspecified atom stereocenters. The van der Waals surface area contributed by atoms with Crippen LogP contribution in [0.1, 0.15) is 34.8 Å². The Kier molecular flexibility index (Phi) is 5.28. The van der Waals surface area contributed by atoms with Gasteiger partial charge in [0.15, 0.2) is 0 Å². The van der Waals surface area contributed by atoms with E-state index in [1.54, 1.807) is 18.3 Å². The fourth-order valence-corrected chi connectivity index (χ4v) is 5.36. The fourth-order valence-electron chi connectivity index (χ4n) is 5.36. The van der Waals surface area contributed by atoms with Crippen LogP contribution in [-0.2, 0) is 0 Å². The molecule has 0 aliphatic carbocycles. The quantitative estimate of drug-likeness (QED) is 0.612. The lowest BCUT2D eigenvalue weighted by Gasteiger charge is -2.51. The number of aromatic nitrogens is 1. The SMILES string of the molecule is C=C[C@H]1CN2CC[C@H]1C[C@@H]2[C@@H](NC(=O)c1ccccc1F)c1ccnc2ccccc12. The van der Waals surface area contributed by atoms with Crippen molar-refractivity contribution in [3.8, 4) is 0 Å². The largest absolute Gasteiger partial charge is 0.344 e. The molecule has 1 aromatic heterocycles. The number of carbonyl (C=O) groups is 1. The van der Waals surface area contributed by atoms with Gasteiger partial charge < -0.3 is 5.32 Å². The molecular weight excluding hydrogens is 389 g/mol. The maximum Gasteiger partial charge on any atom is 0.254 e. The molecule has 5 heteroatoms. The fraction of sp³-hybridized carbons (Fsp3) is 0.308. The number of pyridine rings is 1. The van der Waals surface area contributed by atoms with E-state index in [0.717, 1.165) is 42.4 Å². The van der Waals surface area contributed by atoms with Crippen molar-refractivity contribution in [2.75, 3.05) is 13.1 Å². The monoisotopic (exact) mass is 415 g/mol. The molecule has 2 aromatic carbocycles. The van der Waals surface area contributed by atoms with Gasteiger partial charge in [-0.3, -0.25) is 14.7 Å². The minimum atomic E-state index is -0.504. The molecule has 158 valence electrons. The normalized spacial score (nSPS) is 25.8. The molecule has 2 bridgehead atoms. The Hall–Kier alpha value is -3.05. The van der Waals surface area contributed by atoms with Crippen molar-refractivity contribution >= 4 is 16.8 Å². The van der Waals surface area contributed by atoms with Crippen LogP contribution in [0, 0.1) is 17.7 Å². The van der Waals surface area contributed by atoms with Crippen molar-refractivity contribution in [1.82, 2.24) is 15.2 Å². The number of piperidine rings is 3. The van der Waals surface area contributed by atoms with Crippen LogP contribution in [0.25, 0.3) is 10.9 Å². The molecule has 31 heavy (non-hydrogen) atoms. The number of para-hydroxylation sites is 1. The molecule has 3 aliphatic heterocycles. The molecule has 0 spiro atoms. The number of halogens is 1. The van der Waals surface area contributed by atoms with Gasteiger partial charge in [-0.2, -0.15) is 0 Å². The highest BCUT2D eigenvalue weighted by atomic mass is 19.1. The van der Waals surface area contributed by atoms with Crippen molar-refractivity contribution in [2.24, 2.45) is 11.8 Å².